The first-order valence-electron chi connectivity index (χ1n) is 6.52. The van der Waals surface area contributed by atoms with Gasteiger partial charge in [0.15, 0.2) is 0 Å². The van der Waals surface area contributed by atoms with Crippen LogP contribution in [0.2, 0.25) is 0 Å². The number of anilines is 1. The van der Waals surface area contributed by atoms with Crippen molar-refractivity contribution < 1.29 is 14.6 Å². The fourth-order valence-corrected chi connectivity index (χ4v) is 2.70. The zero-order chi connectivity index (χ0) is 14.8. The van der Waals surface area contributed by atoms with E-state index in [9.17, 15) is 9.90 Å². The van der Waals surface area contributed by atoms with Gasteiger partial charge in [-0.15, -0.1) is 0 Å². The number of nitrogens with one attached hydrogen (secondary N) is 2. The number of carbonyl (C=O) groups is 1. The summed E-state index contributed by atoms with van der Waals surface area (Å²) in [5.74, 6) is 1.06. The third-order valence-electron chi connectivity index (χ3n) is 3.62. The highest BCUT2D eigenvalue weighted by molar-refractivity contribution is 9.10. The zero-order valence-electron chi connectivity index (χ0n) is 11.6. The molecule has 1 aliphatic carbocycles. The first-order valence-corrected chi connectivity index (χ1v) is 7.31. The van der Waals surface area contributed by atoms with E-state index in [0.717, 1.165) is 17.3 Å². The topological polar surface area (TPSA) is 70.6 Å². The Balaban J connectivity index is 1.99. The Morgan fingerprint density at radius 1 is 1.55 bits per heavy atom. The molecule has 0 unspecified atom stereocenters. The van der Waals surface area contributed by atoms with Crippen LogP contribution in [0.5, 0.6) is 5.75 Å². The van der Waals surface area contributed by atoms with Crippen LogP contribution in [0.1, 0.15) is 19.8 Å². The number of amides is 2. The van der Waals surface area contributed by atoms with E-state index in [0.29, 0.717) is 17.4 Å². The summed E-state index contributed by atoms with van der Waals surface area (Å²) >= 11 is 3.37. The molecule has 0 bridgehead atoms. The number of ether oxygens (including phenoxy) is 1. The molecule has 2 rings (SSSR count). The van der Waals surface area contributed by atoms with Gasteiger partial charge in [-0.05, 0) is 59.8 Å². The van der Waals surface area contributed by atoms with Gasteiger partial charge >= 0.3 is 6.03 Å². The number of hydrogen-bond acceptors (Lipinski definition) is 3. The van der Waals surface area contributed by atoms with Gasteiger partial charge < -0.3 is 20.5 Å². The van der Waals surface area contributed by atoms with Crippen molar-refractivity contribution in [2.24, 2.45) is 5.92 Å². The Kier molecular flexibility index (Phi) is 4.55. The smallest absolute Gasteiger partial charge is 0.319 e. The molecule has 3 N–H and O–H groups in total. The highest BCUT2D eigenvalue weighted by atomic mass is 79.9. The van der Waals surface area contributed by atoms with Crippen LogP contribution >= 0.6 is 15.9 Å². The van der Waals surface area contributed by atoms with Crippen molar-refractivity contribution in [2.75, 3.05) is 19.0 Å². The lowest BCUT2D eigenvalue weighted by atomic mass is 9.97. The van der Waals surface area contributed by atoms with Crippen molar-refractivity contribution >= 4 is 27.6 Å². The second-order valence-corrected chi connectivity index (χ2v) is 6.13. The largest absolute Gasteiger partial charge is 0.496 e. The van der Waals surface area contributed by atoms with Crippen LogP contribution in [0.15, 0.2) is 22.7 Å². The number of benzene rings is 1. The predicted molar refractivity (Wildman–Crippen MR) is 81.1 cm³/mol. The molecule has 1 atom stereocenters. The first kappa shape index (κ1) is 15.1. The lowest BCUT2D eigenvalue weighted by Gasteiger charge is -2.28. The predicted octanol–water partition coefficient (Wildman–Crippen LogP) is 2.74. The van der Waals surface area contributed by atoms with Crippen LogP contribution in [0.4, 0.5) is 10.5 Å². The van der Waals surface area contributed by atoms with Crippen LogP contribution < -0.4 is 15.4 Å². The van der Waals surface area contributed by atoms with Crippen LogP contribution in [0, 0.1) is 5.92 Å². The summed E-state index contributed by atoms with van der Waals surface area (Å²) < 4.78 is 5.90. The standard InChI is InChI=1S/C14H19BrN2O3/c1-14(8-18,9-3-4-9)17-13(19)16-10-5-6-12(20-2)11(15)7-10/h5-7,9,18H,3-4,8H2,1-2H3,(H2,16,17,19)/t14-/m0/s1. The second kappa shape index (κ2) is 6.01. The molecule has 6 heteroatoms. The van der Waals surface area contributed by atoms with Gasteiger partial charge in [0.2, 0.25) is 0 Å². The maximum absolute atomic E-state index is 12.0. The molecule has 20 heavy (non-hydrogen) atoms. The van der Waals surface area contributed by atoms with Crippen molar-refractivity contribution in [3.8, 4) is 5.75 Å². The second-order valence-electron chi connectivity index (χ2n) is 5.28. The van der Waals surface area contributed by atoms with E-state index >= 15 is 0 Å². The van der Waals surface area contributed by atoms with E-state index in [-0.39, 0.29) is 12.6 Å². The fraction of sp³-hybridized carbons (Fsp3) is 0.500. The average Bonchev–Trinajstić information content (AvgIpc) is 3.23. The van der Waals surface area contributed by atoms with Crippen LogP contribution in [0.3, 0.4) is 0 Å². The summed E-state index contributed by atoms with van der Waals surface area (Å²) in [6.07, 6.45) is 2.09. The molecule has 0 saturated heterocycles. The molecular weight excluding hydrogens is 324 g/mol. The Hall–Kier alpha value is -1.27. The summed E-state index contributed by atoms with van der Waals surface area (Å²) in [5.41, 5.74) is 0.111. The molecule has 110 valence electrons. The lowest BCUT2D eigenvalue weighted by Crippen LogP contribution is -2.52. The minimum atomic E-state index is -0.548. The molecule has 1 fully saturated rings. The minimum absolute atomic E-state index is 0.0581. The molecule has 0 radical (unpaired) electrons. The number of carbonyl (C=O) groups excluding carboxylic acids is 1. The van der Waals surface area contributed by atoms with E-state index in [1.165, 1.54) is 0 Å². The van der Waals surface area contributed by atoms with E-state index in [4.69, 9.17) is 4.74 Å². The SMILES string of the molecule is COc1ccc(NC(=O)N[C@@](C)(CO)C2CC2)cc1Br. The van der Waals surface area contributed by atoms with E-state index in [1.807, 2.05) is 6.92 Å². The van der Waals surface area contributed by atoms with Crippen molar-refractivity contribution in [3.63, 3.8) is 0 Å². The average molecular weight is 343 g/mol. The zero-order valence-corrected chi connectivity index (χ0v) is 13.2. The minimum Gasteiger partial charge on any atom is -0.496 e. The van der Waals surface area contributed by atoms with Gasteiger partial charge in [0.25, 0.3) is 0 Å². The number of aliphatic hydroxyl groups excluding tert-OH is 1. The van der Waals surface area contributed by atoms with Crippen molar-refractivity contribution in [1.29, 1.82) is 0 Å². The molecule has 0 aliphatic heterocycles. The van der Waals surface area contributed by atoms with Crippen molar-refractivity contribution in [1.82, 2.24) is 5.32 Å². The van der Waals surface area contributed by atoms with Crippen molar-refractivity contribution in [3.05, 3.63) is 22.7 Å². The molecule has 1 aromatic carbocycles. The fourth-order valence-electron chi connectivity index (χ4n) is 2.16. The van der Waals surface area contributed by atoms with Crippen LogP contribution in [-0.4, -0.2) is 30.4 Å². The monoisotopic (exact) mass is 342 g/mol. The Bertz CT molecular complexity index is 505. The Labute approximate surface area is 126 Å². The van der Waals surface area contributed by atoms with E-state index in [1.54, 1.807) is 25.3 Å². The molecule has 1 aromatic rings. The number of urea groups is 1. The summed E-state index contributed by atoms with van der Waals surface area (Å²) in [6.45, 7) is 1.81. The van der Waals surface area contributed by atoms with Crippen LogP contribution in [-0.2, 0) is 0 Å². The number of methoxy groups -OCH3 is 1. The molecule has 5 nitrogen and oxygen atoms in total. The molecule has 2 amide bonds. The van der Waals surface area contributed by atoms with Crippen molar-refractivity contribution in [2.45, 2.75) is 25.3 Å². The van der Waals surface area contributed by atoms with Gasteiger partial charge in [-0.1, -0.05) is 0 Å². The third-order valence-corrected chi connectivity index (χ3v) is 4.24. The lowest BCUT2D eigenvalue weighted by molar-refractivity contribution is 0.159. The quantitative estimate of drug-likeness (QED) is 0.770. The highest BCUT2D eigenvalue weighted by Gasteiger charge is 2.42. The van der Waals surface area contributed by atoms with E-state index in [2.05, 4.69) is 26.6 Å². The molecule has 1 saturated carbocycles. The van der Waals surface area contributed by atoms with Gasteiger partial charge in [0.1, 0.15) is 5.75 Å². The van der Waals surface area contributed by atoms with Crippen LogP contribution in [0.25, 0.3) is 0 Å². The molecule has 0 aromatic heterocycles. The molecule has 0 heterocycles. The number of rotatable bonds is 5. The van der Waals surface area contributed by atoms with Gasteiger partial charge in [-0.2, -0.15) is 0 Å². The van der Waals surface area contributed by atoms with E-state index < -0.39 is 5.54 Å². The maximum Gasteiger partial charge on any atom is 0.319 e. The van der Waals surface area contributed by atoms with Gasteiger partial charge in [-0.3, -0.25) is 0 Å². The number of halogens is 1. The summed E-state index contributed by atoms with van der Waals surface area (Å²) in [5, 5.41) is 15.1. The molecule has 1 aliphatic rings. The Morgan fingerprint density at radius 2 is 2.25 bits per heavy atom. The number of hydrogen-bond donors (Lipinski definition) is 3. The van der Waals surface area contributed by atoms with Gasteiger partial charge in [0.05, 0.1) is 23.7 Å². The highest BCUT2D eigenvalue weighted by Crippen LogP contribution is 2.39. The van der Waals surface area contributed by atoms with Gasteiger partial charge in [-0.25, -0.2) is 4.79 Å². The molecular formula is C14H19BrN2O3. The molecule has 0 spiro atoms. The maximum atomic E-state index is 12.0. The summed E-state index contributed by atoms with van der Waals surface area (Å²) in [6, 6.07) is 4.99. The number of aliphatic hydroxyl groups is 1. The summed E-state index contributed by atoms with van der Waals surface area (Å²) in [4.78, 5) is 12.0. The normalized spacial score (nSPS) is 17.2. The first-order chi connectivity index (χ1) is 9.48. The Morgan fingerprint density at radius 3 is 2.75 bits per heavy atom. The third kappa shape index (κ3) is 3.43. The summed E-state index contributed by atoms with van der Waals surface area (Å²) in [7, 11) is 1.59. The van der Waals surface area contributed by atoms with Gasteiger partial charge in [0, 0.05) is 5.69 Å².